The number of hydrogen-bond acceptors (Lipinski definition) is 6. The van der Waals surface area contributed by atoms with Gasteiger partial charge in [-0.05, 0) is 34.6 Å². The second-order valence-corrected chi connectivity index (χ2v) is 9.71. The lowest BCUT2D eigenvalue weighted by molar-refractivity contribution is 0.0893. The number of aromatic nitrogens is 2. The zero-order valence-corrected chi connectivity index (χ0v) is 18.8. The van der Waals surface area contributed by atoms with Crippen molar-refractivity contribution in [3.8, 4) is 5.75 Å². The number of rotatable bonds is 4. The number of benzene rings is 3. The largest absolute Gasteiger partial charge is 0.486 e. The van der Waals surface area contributed by atoms with Gasteiger partial charge in [0.15, 0.2) is 5.01 Å². The standard InChI is InChI=1S/C25H21N3O3S/c1-25(2,3)18-12-4-5-13-19(18)31-14-20-26-27-24(32-20)28-22(29)16-10-6-8-15-9-7-11-17(21(15)16)23(28)30/h4-13H,14H2,1-3H3. The molecule has 7 heteroatoms. The lowest BCUT2D eigenvalue weighted by Gasteiger charge is -2.24. The Hall–Kier alpha value is -3.58. The number of para-hydroxylation sites is 1. The van der Waals surface area contributed by atoms with E-state index in [1.54, 1.807) is 12.1 Å². The first-order chi connectivity index (χ1) is 15.3. The second kappa shape index (κ2) is 7.53. The summed E-state index contributed by atoms with van der Waals surface area (Å²) >= 11 is 1.18. The number of hydrogen-bond donors (Lipinski definition) is 0. The van der Waals surface area contributed by atoms with E-state index in [0.29, 0.717) is 21.5 Å². The van der Waals surface area contributed by atoms with Crippen LogP contribution in [-0.4, -0.2) is 22.0 Å². The van der Waals surface area contributed by atoms with Gasteiger partial charge in [-0.2, -0.15) is 0 Å². The fourth-order valence-corrected chi connectivity index (χ4v) is 4.70. The van der Waals surface area contributed by atoms with Gasteiger partial charge in [-0.25, -0.2) is 4.90 Å². The molecule has 0 saturated carbocycles. The van der Waals surface area contributed by atoms with Crippen molar-refractivity contribution in [2.24, 2.45) is 0 Å². The van der Waals surface area contributed by atoms with Gasteiger partial charge >= 0.3 is 0 Å². The predicted molar refractivity (Wildman–Crippen MR) is 124 cm³/mol. The molecule has 2 amide bonds. The van der Waals surface area contributed by atoms with Crippen LogP contribution in [0.5, 0.6) is 5.75 Å². The van der Waals surface area contributed by atoms with Crippen molar-refractivity contribution in [3.63, 3.8) is 0 Å². The molecule has 3 aromatic carbocycles. The topological polar surface area (TPSA) is 72.4 Å². The first-order valence-electron chi connectivity index (χ1n) is 10.3. The summed E-state index contributed by atoms with van der Waals surface area (Å²) in [5, 5.41) is 10.7. The van der Waals surface area contributed by atoms with Crippen LogP contribution in [0.15, 0.2) is 60.7 Å². The van der Waals surface area contributed by atoms with E-state index < -0.39 is 0 Å². The first-order valence-corrected chi connectivity index (χ1v) is 11.1. The molecule has 0 atom stereocenters. The fraction of sp³-hybridized carbons (Fsp3) is 0.200. The van der Waals surface area contributed by atoms with Gasteiger partial charge in [-0.1, -0.05) is 74.6 Å². The van der Waals surface area contributed by atoms with Crippen LogP contribution in [0.3, 0.4) is 0 Å². The Balaban J connectivity index is 1.42. The summed E-state index contributed by atoms with van der Waals surface area (Å²) in [7, 11) is 0. The molecule has 0 aliphatic carbocycles. The van der Waals surface area contributed by atoms with Crippen molar-refractivity contribution < 1.29 is 14.3 Å². The van der Waals surface area contributed by atoms with Crippen molar-refractivity contribution in [2.75, 3.05) is 4.90 Å². The molecule has 0 radical (unpaired) electrons. The lowest BCUT2D eigenvalue weighted by Crippen LogP contribution is -2.40. The molecule has 1 aliphatic rings. The maximum Gasteiger partial charge on any atom is 0.267 e. The SMILES string of the molecule is CC(C)(C)c1ccccc1OCc1nnc(N2C(=O)c3cccc4cccc(c34)C2=O)s1. The Labute approximate surface area is 189 Å². The number of nitrogens with zero attached hydrogens (tertiary/aromatic N) is 3. The normalized spacial score (nSPS) is 13.7. The molecule has 0 unspecified atom stereocenters. The first kappa shape index (κ1) is 20.3. The maximum absolute atomic E-state index is 13.2. The monoisotopic (exact) mass is 443 g/mol. The van der Waals surface area contributed by atoms with E-state index in [9.17, 15) is 9.59 Å². The fourth-order valence-electron chi connectivity index (χ4n) is 3.95. The third-order valence-corrected chi connectivity index (χ3v) is 6.35. The summed E-state index contributed by atoms with van der Waals surface area (Å²) in [6, 6.07) is 18.8. The number of carbonyl (C=O) groups is 2. The van der Waals surface area contributed by atoms with E-state index >= 15 is 0 Å². The number of carbonyl (C=O) groups excluding carboxylic acids is 2. The molecular weight excluding hydrogens is 422 g/mol. The van der Waals surface area contributed by atoms with Crippen molar-refractivity contribution in [2.45, 2.75) is 32.8 Å². The highest BCUT2D eigenvalue weighted by atomic mass is 32.1. The van der Waals surface area contributed by atoms with Crippen LogP contribution in [0.1, 0.15) is 52.1 Å². The van der Waals surface area contributed by atoms with Crippen molar-refractivity contribution in [3.05, 3.63) is 82.4 Å². The van der Waals surface area contributed by atoms with Gasteiger partial charge in [0, 0.05) is 16.5 Å². The summed E-state index contributed by atoms with van der Waals surface area (Å²) in [5.74, 6) is 0.00414. The highest BCUT2D eigenvalue weighted by molar-refractivity contribution is 7.15. The smallest absolute Gasteiger partial charge is 0.267 e. The van der Waals surface area contributed by atoms with Crippen molar-refractivity contribution in [1.82, 2.24) is 10.2 Å². The third kappa shape index (κ3) is 3.35. The Morgan fingerprint density at radius 3 is 2.19 bits per heavy atom. The Morgan fingerprint density at radius 2 is 1.53 bits per heavy atom. The van der Waals surface area contributed by atoms with E-state index in [1.165, 1.54) is 11.3 Å². The van der Waals surface area contributed by atoms with E-state index in [-0.39, 0.29) is 29.0 Å². The highest BCUT2D eigenvalue weighted by Crippen LogP contribution is 2.35. The molecule has 4 aromatic rings. The van der Waals surface area contributed by atoms with Gasteiger partial charge < -0.3 is 4.74 Å². The van der Waals surface area contributed by atoms with Gasteiger partial charge in [-0.15, -0.1) is 10.2 Å². The van der Waals surface area contributed by atoms with Crippen LogP contribution in [0, 0.1) is 0 Å². The van der Waals surface area contributed by atoms with Gasteiger partial charge in [0.05, 0.1) is 0 Å². The highest BCUT2D eigenvalue weighted by Gasteiger charge is 2.36. The molecule has 1 aliphatic heterocycles. The van der Waals surface area contributed by atoms with Crippen LogP contribution >= 0.6 is 11.3 Å². The van der Waals surface area contributed by atoms with Crippen LogP contribution in [0.4, 0.5) is 5.13 Å². The van der Waals surface area contributed by atoms with Crippen molar-refractivity contribution in [1.29, 1.82) is 0 Å². The molecule has 0 spiro atoms. The molecule has 32 heavy (non-hydrogen) atoms. The average molecular weight is 444 g/mol. The average Bonchev–Trinajstić information content (AvgIpc) is 3.24. The molecular formula is C25H21N3O3S. The minimum atomic E-state index is -0.388. The third-order valence-electron chi connectivity index (χ3n) is 5.47. The van der Waals surface area contributed by atoms with E-state index in [0.717, 1.165) is 21.6 Å². The van der Waals surface area contributed by atoms with Gasteiger partial charge in [0.2, 0.25) is 5.13 Å². The summed E-state index contributed by atoms with van der Waals surface area (Å²) < 4.78 is 6.03. The van der Waals surface area contributed by atoms with E-state index in [1.807, 2.05) is 48.5 Å². The molecule has 5 rings (SSSR count). The molecule has 0 fully saturated rings. The van der Waals surface area contributed by atoms with Crippen LogP contribution < -0.4 is 9.64 Å². The molecule has 160 valence electrons. The molecule has 0 N–H and O–H groups in total. The van der Waals surface area contributed by atoms with Crippen LogP contribution in [-0.2, 0) is 12.0 Å². The molecule has 0 saturated heterocycles. The number of anilines is 1. The van der Waals surface area contributed by atoms with Crippen LogP contribution in [0.2, 0.25) is 0 Å². The van der Waals surface area contributed by atoms with E-state index in [4.69, 9.17) is 4.74 Å². The zero-order valence-electron chi connectivity index (χ0n) is 18.0. The van der Waals surface area contributed by atoms with Crippen LogP contribution in [0.25, 0.3) is 10.8 Å². The minimum absolute atomic E-state index is 0.0655. The molecule has 0 bridgehead atoms. The minimum Gasteiger partial charge on any atom is -0.486 e. The van der Waals surface area contributed by atoms with E-state index in [2.05, 4.69) is 31.0 Å². The molecule has 2 heterocycles. The predicted octanol–water partition coefficient (Wildman–Crippen LogP) is 5.37. The Bertz CT molecular complexity index is 1320. The maximum atomic E-state index is 13.2. The number of ether oxygens (including phenoxy) is 1. The Kier molecular flexibility index (Phi) is 4.78. The van der Waals surface area contributed by atoms with Gasteiger partial charge in [-0.3, -0.25) is 9.59 Å². The summed E-state index contributed by atoms with van der Waals surface area (Å²) in [6.45, 7) is 6.59. The molecule has 6 nitrogen and oxygen atoms in total. The molecule has 1 aromatic heterocycles. The summed E-state index contributed by atoms with van der Waals surface area (Å²) in [6.07, 6.45) is 0. The second-order valence-electron chi connectivity index (χ2n) is 8.67. The van der Waals surface area contributed by atoms with Gasteiger partial charge in [0.25, 0.3) is 11.8 Å². The summed E-state index contributed by atoms with van der Waals surface area (Å²) in [5.41, 5.74) is 2.01. The zero-order chi connectivity index (χ0) is 22.5. The number of amides is 2. The van der Waals surface area contributed by atoms with Crippen molar-refractivity contribution >= 4 is 39.1 Å². The quantitative estimate of drug-likeness (QED) is 0.397. The lowest BCUT2D eigenvalue weighted by atomic mass is 9.86. The Morgan fingerprint density at radius 1 is 0.875 bits per heavy atom. The number of imide groups is 1. The van der Waals surface area contributed by atoms with Gasteiger partial charge in [0.1, 0.15) is 12.4 Å². The summed E-state index contributed by atoms with van der Waals surface area (Å²) in [4.78, 5) is 27.5.